The third-order valence-electron chi connectivity index (χ3n) is 4.72. The summed E-state index contributed by atoms with van der Waals surface area (Å²) >= 11 is 0. The molecule has 0 radical (unpaired) electrons. The number of ether oxygens (including phenoxy) is 3. The lowest BCUT2D eigenvalue weighted by Crippen LogP contribution is -2.27. The minimum Gasteiger partial charge on any atom is -0.497 e. The molecule has 0 amide bonds. The first-order chi connectivity index (χ1) is 10.2. The van der Waals surface area contributed by atoms with Gasteiger partial charge in [-0.15, -0.1) is 0 Å². The summed E-state index contributed by atoms with van der Waals surface area (Å²) in [4.78, 5) is 0. The summed E-state index contributed by atoms with van der Waals surface area (Å²) in [6, 6.07) is 5.49. The van der Waals surface area contributed by atoms with Gasteiger partial charge in [0.25, 0.3) is 0 Å². The molecule has 1 saturated heterocycles. The van der Waals surface area contributed by atoms with E-state index >= 15 is 0 Å². The highest BCUT2D eigenvalue weighted by Gasteiger charge is 2.42. The Kier molecular flexibility index (Phi) is 4.36. The number of rotatable bonds is 5. The molecule has 1 atom stereocenters. The van der Waals surface area contributed by atoms with Gasteiger partial charge in [0.1, 0.15) is 18.1 Å². The molecule has 1 heterocycles. The van der Waals surface area contributed by atoms with Crippen LogP contribution in [0.5, 0.6) is 11.5 Å². The second-order valence-electron chi connectivity index (χ2n) is 6.11. The highest BCUT2D eigenvalue weighted by Crippen LogP contribution is 2.43. The number of benzene rings is 1. The van der Waals surface area contributed by atoms with E-state index in [1.54, 1.807) is 7.11 Å². The van der Waals surface area contributed by atoms with Gasteiger partial charge < -0.3 is 19.3 Å². The van der Waals surface area contributed by atoms with Gasteiger partial charge in [-0.2, -0.15) is 0 Å². The van der Waals surface area contributed by atoms with Crippen LogP contribution in [0.4, 0.5) is 0 Å². The predicted octanol–water partition coefficient (Wildman–Crippen LogP) is 3.06. The first kappa shape index (κ1) is 14.7. The maximum atomic E-state index is 9.39. The van der Waals surface area contributed by atoms with Gasteiger partial charge in [-0.05, 0) is 37.8 Å². The van der Waals surface area contributed by atoms with E-state index in [-0.39, 0.29) is 18.3 Å². The van der Waals surface area contributed by atoms with E-state index in [1.165, 1.54) is 25.7 Å². The Hall–Kier alpha value is -1.26. The number of hydrogen-bond donors (Lipinski definition) is 1. The molecule has 2 aliphatic rings. The van der Waals surface area contributed by atoms with Crippen LogP contribution in [0.2, 0.25) is 0 Å². The lowest BCUT2D eigenvalue weighted by molar-refractivity contribution is -0.0510. The van der Waals surface area contributed by atoms with Crippen LogP contribution in [0.3, 0.4) is 0 Å². The Bertz CT molecular complexity index is 480. The van der Waals surface area contributed by atoms with E-state index in [0.717, 1.165) is 24.2 Å². The van der Waals surface area contributed by atoms with Crippen molar-refractivity contribution < 1.29 is 19.3 Å². The van der Waals surface area contributed by atoms with Crippen LogP contribution >= 0.6 is 0 Å². The SMILES string of the molecule is COc1ccc(CO)c(OCC2CCC3(CCCC3)O2)c1. The molecule has 1 aromatic carbocycles. The highest BCUT2D eigenvalue weighted by atomic mass is 16.6. The van der Waals surface area contributed by atoms with Gasteiger partial charge in [-0.25, -0.2) is 0 Å². The van der Waals surface area contributed by atoms with Crippen molar-refractivity contribution in [1.29, 1.82) is 0 Å². The molecule has 1 spiro atoms. The summed E-state index contributed by atoms with van der Waals surface area (Å²) in [5.41, 5.74) is 0.923. The Morgan fingerprint density at radius 3 is 2.81 bits per heavy atom. The van der Waals surface area contributed by atoms with E-state index in [0.29, 0.717) is 12.4 Å². The molecule has 21 heavy (non-hydrogen) atoms. The zero-order valence-electron chi connectivity index (χ0n) is 12.6. The Morgan fingerprint density at radius 2 is 2.10 bits per heavy atom. The summed E-state index contributed by atoms with van der Waals surface area (Å²) in [7, 11) is 1.63. The van der Waals surface area contributed by atoms with Crippen LogP contribution in [-0.2, 0) is 11.3 Å². The van der Waals surface area contributed by atoms with Crippen molar-refractivity contribution in [3.63, 3.8) is 0 Å². The van der Waals surface area contributed by atoms with Crippen LogP contribution in [0.25, 0.3) is 0 Å². The normalized spacial score (nSPS) is 23.6. The summed E-state index contributed by atoms with van der Waals surface area (Å²) in [5, 5.41) is 9.39. The molecule has 2 fully saturated rings. The van der Waals surface area contributed by atoms with E-state index in [1.807, 2.05) is 18.2 Å². The molecule has 1 aliphatic heterocycles. The van der Waals surface area contributed by atoms with Crippen LogP contribution in [-0.4, -0.2) is 30.5 Å². The molecule has 1 N–H and O–H groups in total. The van der Waals surface area contributed by atoms with Crippen LogP contribution in [0, 0.1) is 0 Å². The van der Waals surface area contributed by atoms with Crippen LogP contribution < -0.4 is 9.47 Å². The third-order valence-corrected chi connectivity index (χ3v) is 4.72. The molecule has 4 nitrogen and oxygen atoms in total. The third kappa shape index (κ3) is 3.16. The molecule has 1 aromatic rings. The van der Waals surface area contributed by atoms with Crippen molar-refractivity contribution in [2.75, 3.05) is 13.7 Å². The van der Waals surface area contributed by atoms with Crippen molar-refractivity contribution in [3.8, 4) is 11.5 Å². The fourth-order valence-corrected chi connectivity index (χ4v) is 3.51. The monoisotopic (exact) mass is 292 g/mol. The molecule has 1 unspecified atom stereocenters. The summed E-state index contributed by atoms with van der Waals surface area (Å²) in [6.45, 7) is 0.511. The number of aliphatic hydroxyl groups is 1. The molecule has 1 saturated carbocycles. The quantitative estimate of drug-likeness (QED) is 0.906. The molecular weight excluding hydrogens is 268 g/mol. The number of methoxy groups -OCH3 is 1. The van der Waals surface area contributed by atoms with E-state index in [4.69, 9.17) is 14.2 Å². The van der Waals surface area contributed by atoms with Crippen molar-refractivity contribution in [3.05, 3.63) is 23.8 Å². The maximum Gasteiger partial charge on any atom is 0.128 e. The largest absolute Gasteiger partial charge is 0.497 e. The standard InChI is InChI=1S/C17H24O4/c1-19-14-5-4-13(11-18)16(10-14)20-12-15-6-9-17(21-15)7-2-3-8-17/h4-5,10,15,18H,2-3,6-9,11-12H2,1H3. The summed E-state index contributed by atoms with van der Waals surface area (Å²) in [6.07, 6.45) is 7.37. The zero-order valence-corrected chi connectivity index (χ0v) is 12.6. The molecule has 3 rings (SSSR count). The van der Waals surface area contributed by atoms with Crippen molar-refractivity contribution in [1.82, 2.24) is 0 Å². The molecule has 0 aromatic heterocycles. The molecule has 116 valence electrons. The lowest BCUT2D eigenvalue weighted by Gasteiger charge is -2.24. The topological polar surface area (TPSA) is 47.9 Å². The van der Waals surface area contributed by atoms with Gasteiger partial charge in [0.2, 0.25) is 0 Å². The van der Waals surface area contributed by atoms with Gasteiger partial charge in [0.15, 0.2) is 0 Å². The summed E-state index contributed by atoms with van der Waals surface area (Å²) in [5.74, 6) is 1.43. The molecular formula is C17H24O4. The number of aliphatic hydroxyl groups excluding tert-OH is 1. The fourth-order valence-electron chi connectivity index (χ4n) is 3.51. The summed E-state index contributed by atoms with van der Waals surface area (Å²) < 4.78 is 17.3. The van der Waals surface area contributed by atoms with Gasteiger partial charge >= 0.3 is 0 Å². The van der Waals surface area contributed by atoms with Crippen molar-refractivity contribution >= 4 is 0 Å². The predicted molar refractivity (Wildman–Crippen MR) is 79.7 cm³/mol. The van der Waals surface area contributed by atoms with E-state index in [9.17, 15) is 5.11 Å². The highest BCUT2D eigenvalue weighted by molar-refractivity contribution is 5.40. The van der Waals surface area contributed by atoms with Crippen LogP contribution in [0.15, 0.2) is 18.2 Å². The lowest BCUT2D eigenvalue weighted by atomic mass is 9.98. The molecule has 1 aliphatic carbocycles. The second-order valence-corrected chi connectivity index (χ2v) is 6.11. The minimum atomic E-state index is -0.0329. The maximum absolute atomic E-state index is 9.39. The Morgan fingerprint density at radius 1 is 1.29 bits per heavy atom. The number of hydrogen-bond acceptors (Lipinski definition) is 4. The van der Waals surface area contributed by atoms with Crippen LogP contribution in [0.1, 0.15) is 44.1 Å². The Balaban J connectivity index is 1.60. The Labute approximate surface area is 126 Å². The van der Waals surface area contributed by atoms with E-state index < -0.39 is 0 Å². The van der Waals surface area contributed by atoms with Crippen molar-refractivity contribution in [2.24, 2.45) is 0 Å². The van der Waals surface area contributed by atoms with E-state index in [2.05, 4.69) is 0 Å². The van der Waals surface area contributed by atoms with Gasteiger partial charge in [-0.1, -0.05) is 12.8 Å². The van der Waals surface area contributed by atoms with Crippen molar-refractivity contribution in [2.45, 2.75) is 56.8 Å². The fraction of sp³-hybridized carbons (Fsp3) is 0.647. The zero-order chi connectivity index (χ0) is 14.7. The molecule has 4 heteroatoms. The van der Waals surface area contributed by atoms with Gasteiger partial charge in [0.05, 0.1) is 25.4 Å². The second kappa shape index (κ2) is 6.24. The average molecular weight is 292 g/mol. The smallest absolute Gasteiger partial charge is 0.128 e. The minimum absolute atomic E-state index is 0.0329. The van der Waals surface area contributed by atoms with Gasteiger partial charge in [0, 0.05) is 11.6 Å². The molecule has 0 bridgehead atoms. The average Bonchev–Trinajstić information content (AvgIpc) is 3.15. The van der Waals surface area contributed by atoms with Gasteiger partial charge in [-0.3, -0.25) is 0 Å². The first-order valence-electron chi connectivity index (χ1n) is 7.83. The first-order valence-corrected chi connectivity index (χ1v) is 7.83.